The maximum absolute atomic E-state index is 12.5. The van der Waals surface area contributed by atoms with Gasteiger partial charge in [-0.15, -0.1) is 0 Å². The standard InChI is InChI=1S/C9H9F5N2/c1-4-6(3-15)5(8(10)11)2-7(16-4)9(12,13)14/h2,8H,3,15H2,1H3. The first kappa shape index (κ1) is 12.8. The van der Waals surface area contributed by atoms with Crippen LogP contribution in [0.25, 0.3) is 0 Å². The van der Waals surface area contributed by atoms with Crippen molar-refractivity contribution in [1.29, 1.82) is 0 Å². The number of pyridine rings is 1. The van der Waals surface area contributed by atoms with E-state index < -0.39 is 23.9 Å². The fourth-order valence-corrected chi connectivity index (χ4v) is 1.33. The van der Waals surface area contributed by atoms with Crippen LogP contribution in [0.15, 0.2) is 6.07 Å². The Hall–Kier alpha value is -1.24. The van der Waals surface area contributed by atoms with Gasteiger partial charge in [-0.3, -0.25) is 0 Å². The number of aryl methyl sites for hydroxylation is 1. The summed E-state index contributed by atoms with van der Waals surface area (Å²) in [6.07, 6.45) is -7.73. The Kier molecular flexibility index (Phi) is 3.47. The predicted molar refractivity (Wildman–Crippen MR) is 46.8 cm³/mol. The van der Waals surface area contributed by atoms with Gasteiger partial charge >= 0.3 is 6.18 Å². The lowest BCUT2D eigenvalue weighted by Crippen LogP contribution is -2.14. The van der Waals surface area contributed by atoms with E-state index in [0.717, 1.165) is 0 Å². The molecule has 0 unspecified atom stereocenters. The molecule has 1 aromatic heterocycles. The van der Waals surface area contributed by atoms with E-state index >= 15 is 0 Å². The Bertz CT molecular complexity index is 386. The van der Waals surface area contributed by atoms with E-state index in [1.165, 1.54) is 6.92 Å². The van der Waals surface area contributed by atoms with E-state index in [4.69, 9.17) is 5.73 Å². The van der Waals surface area contributed by atoms with Crippen LogP contribution < -0.4 is 5.73 Å². The molecule has 0 aliphatic heterocycles. The summed E-state index contributed by atoms with van der Waals surface area (Å²) in [7, 11) is 0. The van der Waals surface area contributed by atoms with E-state index in [0.29, 0.717) is 6.07 Å². The predicted octanol–water partition coefficient (Wildman–Crippen LogP) is 2.81. The summed E-state index contributed by atoms with van der Waals surface area (Å²) in [5.41, 5.74) is 3.01. The molecule has 7 heteroatoms. The molecule has 1 heterocycles. The molecule has 0 aliphatic rings. The smallest absolute Gasteiger partial charge is 0.326 e. The maximum atomic E-state index is 12.5. The second-order valence-corrected chi connectivity index (χ2v) is 3.16. The molecule has 16 heavy (non-hydrogen) atoms. The minimum absolute atomic E-state index is 0.0389. The Morgan fingerprint density at radius 3 is 2.31 bits per heavy atom. The molecule has 0 saturated carbocycles. The van der Waals surface area contributed by atoms with Crippen LogP contribution >= 0.6 is 0 Å². The number of alkyl halides is 5. The molecule has 0 spiro atoms. The second kappa shape index (κ2) is 4.32. The van der Waals surface area contributed by atoms with Crippen molar-refractivity contribution in [2.75, 3.05) is 0 Å². The van der Waals surface area contributed by atoms with E-state index in [-0.39, 0.29) is 17.8 Å². The van der Waals surface area contributed by atoms with Gasteiger partial charge in [0.2, 0.25) is 0 Å². The first-order valence-electron chi connectivity index (χ1n) is 4.33. The van der Waals surface area contributed by atoms with Gasteiger partial charge in [-0.05, 0) is 18.6 Å². The van der Waals surface area contributed by atoms with E-state index in [1.807, 2.05) is 0 Å². The molecule has 90 valence electrons. The highest BCUT2D eigenvalue weighted by molar-refractivity contribution is 5.34. The summed E-state index contributed by atoms with van der Waals surface area (Å²) >= 11 is 0. The zero-order valence-corrected chi connectivity index (χ0v) is 8.28. The number of nitrogens with zero attached hydrogens (tertiary/aromatic N) is 1. The minimum Gasteiger partial charge on any atom is -0.326 e. The van der Waals surface area contributed by atoms with Crippen LogP contribution in [-0.4, -0.2) is 4.98 Å². The zero-order chi connectivity index (χ0) is 12.5. The van der Waals surface area contributed by atoms with Gasteiger partial charge < -0.3 is 5.73 Å². The van der Waals surface area contributed by atoms with Gasteiger partial charge in [0, 0.05) is 17.8 Å². The van der Waals surface area contributed by atoms with Gasteiger partial charge in [-0.25, -0.2) is 13.8 Å². The summed E-state index contributed by atoms with van der Waals surface area (Å²) in [5, 5.41) is 0. The van der Waals surface area contributed by atoms with Gasteiger partial charge in [0.15, 0.2) is 0 Å². The Morgan fingerprint density at radius 1 is 1.38 bits per heavy atom. The summed E-state index contributed by atoms with van der Waals surface area (Å²) in [6, 6.07) is 0.347. The largest absolute Gasteiger partial charge is 0.433 e. The van der Waals surface area contributed by atoms with Crippen molar-refractivity contribution in [2.24, 2.45) is 5.73 Å². The molecular weight excluding hydrogens is 231 g/mol. The van der Waals surface area contributed by atoms with Crippen LogP contribution in [0.5, 0.6) is 0 Å². The lowest BCUT2D eigenvalue weighted by Gasteiger charge is -2.13. The average Bonchev–Trinajstić information content (AvgIpc) is 2.14. The number of aromatic nitrogens is 1. The van der Waals surface area contributed by atoms with Crippen LogP contribution in [0.4, 0.5) is 22.0 Å². The highest BCUT2D eigenvalue weighted by Gasteiger charge is 2.34. The zero-order valence-electron chi connectivity index (χ0n) is 8.28. The number of hydrogen-bond acceptors (Lipinski definition) is 2. The first-order chi connectivity index (χ1) is 7.27. The SMILES string of the molecule is Cc1nc(C(F)(F)F)cc(C(F)F)c1CN. The van der Waals surface area contributed by atoms with Crippen molar-refractivity contribution in [1.82, 2.24) is 4.98 Å². The Balaban J connectivity index is 3.40. The second-order valence-electron chi connectivity index (χ2n) is 3.16. The molecule has 0 fully saturated rings. The van der Waals surface area contributed by atoms with Crippen molar-refractivity contribution in [3.63, 3.8) is 0 Å². The van der Waals surface area contributed by atoms with Crippen molar-refractivity contribution in [3.8, 4) is 0 Å². The van der Waals surface area contributed by atoms with Gasteiger partial charge in [0.25, 0.3) is 6.43 Å². The third-order valence-electron chi connectivity index (χ3n) is 2.10. The van der Waals surface area contributed by atoms with Crippen molar-refractivity contribution in [2.45, 2.75) is 26.1 Å². The van der Waals surface area contributed by atoms with Crippen LogP contribution in [0.1, 0.15) is 28.9 Å². The number of rotatable bonds is 2. The van der Waals surface area contributed by atoms with Crippen molar-refractivity contribution >= 4 is 0 Å². The lowest BCUT2D eigenvalue weighted by atomic mass is 10.1. The molecule has 0 bridgehead atoms. The Labute approximate surface area is 88.3 Å². The molecule has 0 atom stereocenters. The average molecular weight is 240 g/mol. The molecule has 0 aliphatic carbocycles. The molecule has 2 nitrogen and oxygen atoms in total. The van der Waals surface area contributed by atoms with E-state index in [9.17, 15) is 22.0 Å². The quantitative estimate of drug-likeness (QED) is 0.807. The van der Waals surface area contributed by atoms with Gasteiger partial charge in [0.1, 0.15) is 5.69 Å². The molecule has 0 amide bonds. The van der Waals surface area contributed by atoms with Crippen molar-refractivity contribution in [3.05, 3.63) is 28.6 Å². The number of nitrogens with two attached hydrogens (primary N) is 1. The van der Waals surface area contributed by atoms with Crippen LogP contribution in [0.2, 0.25) is 0 Å². The molecule has 2 N–H and O–H groups in total. The van der Waals surface area contributed by atoms with Gasteiger partial charge in [0.05, 0.1) is 0 Å². The minimum atomic E-state index is -4.73. The molecular formula is C9H9F5N2. The summed E-state index contributed by atoms with van der Waals surface area (Å²) in [6.45, 7) is 0.958. The van der Waals surface area contributed by atoms with E-state index in [2.05, 4.69) is 4.98 Å². The number of halogens is 5. The highest BCUT2D eigenvalue weighted by atomic mass is 19.4. The first-order valence-corrected chi connectivity index (χ1v) is 4.33. The van der Waals surface area contributed by atoms with Crippen LogP contribution in [-0.2, 0) is 12.7 Å². The Morgan fingerprint density at radius 2 is 1.94 bits per heavy atom. The van der Waals surface area contributed by atoms with Crippen LogP contribution in [0, 0.1) is 6.92 Å². The van der Waals surface area contributed by atoms with Gasteiger partial charge in [-0.1, -0.05) is 0 Å². The third kappa shape index (κ3) is 2.46. The maximum Gasteiger partial charge on any atom is 0.433 e. The molecule has 0 radical (unpaired) electrons. The van der Waals surface area contributed by atoms with E-state index in [1.54, 1.807) is 0 Å². The normalized spacial score (nSPS) is 12.2. The highest BCUT2D eigenvalue weighted by Crippen LogP contribution is 2.32. The fraction of sp³-hybridized carbons (Fsp3) is 0.444. The molecule has 0 saturated heterocycles. The monoisotopic (exact) mass is 240 g/mol. The third-order valence-corrected chi connectivity index (χ3v) is 2.10. The molecule has 1 aromatic rings. The molecule has 1 rings (SSSR count). The van der Waals surface area contributed by atoms with Crippen LogP contribution in [0.3, 0.4) is 0 Å². The summed E-state index contributed by atoms with van der Waals surface area (Å²) < 4.78 is 61.9. The van der Waals surface area contributed by atoms with Gasteiger partial charge in [-0.2, -0.15) is 13.2 Å². The summed E-state index contributed by atoms with van der Waals surface area (Å²) in [4.78, 5) is 3.22. The summed E-state index contributed by atoms with van der Waals surface area (Å²) in [5.74, 6) is 0. The molecule has 0 aromatic carbocycles. The fourth-order valence-electron chi connectivity index (χ4n) is 1.33. The van der Waals surface area contributed by atoms with Crippen molar-refractivity contribution < 1.29 is 22.0 Å². The number of hydrogen-bond donors (Lipinski definition) is 1. The topological polar surface area (TPSA) is 38.9 Å². The lowest BCUT2D eigenvalue weighted by molar-refractivity contribution is -0.141.